The fraction of sp³-hybridized carbons (Fsp3) is 0.625. The van der Waals surface area contributed by atoms with E-state index in [-0.39, 0.29) is 18.6 Å². The Morgan fingerprint density at radius 3 is 2.19 bits per heavy atom. The minimum Gasteiger partial charge on any atom is -0.481 e. The maximum Gasteiger partial charge on any atom is 0.327 e. The fourth-order valence-corrected chi connectivity index (χ4v) is 1.22. The highest BCUT2D eigenvalue weighted by atomic mass is 32.1. The topological polar surface area (TPSA) is 130 Å². The minimum atomic E-state index is -1.20. The summed E-state index contributed by atoms with van der Waals surface area (Å²) in [6.45, 7) is 0. The van der Waals surface area contributed by atoms with Gasteiger partial charge in [0.1, 0.15) is 6.04 Å². The van der Waals surface area contributed by atoms with E-state index in [9.17, 15) is 14.4 Å². The Hall–Kier alpha value is -1.28. The van der Waals surface area contributed by atoms with Crippen LogP contribution in [0.15, 0.2) is 0 Å². The molecule has 8 heteroatoms. The number of carbonyl (C=O) groups is 3. The van der Waals surface area contributed by atoms with Crippen molar-refractivity contribution < 1.29 is 24.6 Å². The molecule has 0 unspecified atom stereocenters. The molecule has 0 radical (unpaired) electrons. The molecule has 0 aromatic carbocycles. The Labute approximate surface area is 97.4 Å². The van der Waals surface area contributed by atoms with Crippen LogP contribution in [-0.2, 0) is 14.4 Å². The van der Waals surface area contributed by atoms with Crippen LogP contribution in [0.25, 0.3) is 0 Å². The van der Waals surface area contributed by atoms with Gasteiger partial charge in [0.25, 0.3) is 0 Å². The number of hydrogen-bond donors (Lipinski definition) is 5. The first-order valence-corrected chi connectivity index (χ1v) is 5.10. The van der Waals surface area contributed by atoms with Gasteiger partial charge in [-0.05, 0) is 0 Å². The zero-order chi connectivity index (χ0) is 12.7. The number of carbonyl (C=O) groups excluding carboxylic acids is 1. The molecule has 92 valence electrons. The molecule has 0 aromatic rings. The summed E-state index contributed by atoms with van der Waals surface area (Å²) in [6, 6.07) is -1.92. The quantitative estimate of drug-likeness (QED) is 0.356. The first-order valence-electron chi connectivity index (χ1n) is 4.47. The highest BCUT2D eigenvalue weighted by Crippen LogP contribution is 1.96. The first-order chi connectivity index (χ1) is 7.36. The number of amides is 1. The van der Waals surface area contributed by atoms with Crippen molar-refractivity contribution >= 4 is 30.5 Å². The van der Waals surface area contributed by atoms with Gasteiger partial charge in [0.2, 0.25) is 5.91 Å². The largest absolute Gasteiger partial charge is 0.481 e. The number of hydrogen-bond acceptors (Lipinski definition) is 5. The average Bonchev–Trinajstić information content (AvgIpc) is 2.11. The van der Waals surface area contributed by atoms with Crippen molar-refractivity contribution in [1.29, 1.82) is 0 Å². The molecule has 0 rings (SSSR count). The number of thiol groups is 1. The van der Waals surface area contributed by atoms with Gasteiger partial charge in [0.05, 0.1) is 6.42 Å². The Morgan fingerprint density at radius 1 is 1.25 bits per heavy atom. The molecule has 0 aliphatic carbocycles. The molecule has 5 N–H and O–H groups in total. The van der Waals surface area contributed by atoms with Crippen LogP contribution in [0.5, 0.6) is 0 Å². The summed E-state index contributed by atoms with van der Waals surface area (Å²) < 4.78 is 0. The molecular weight excluding hydrogens is 236 g/mol. The number of rotatable bonds is 7. The maximum absolute atomic E-state index is 11.2. The van der Waals surface area contributed by atoms with Gasteiger partial charge in [-0.15, -0.1) is 0 Å². The van der Waals surface area contributed by atoms with E-state index in [1.165, 1.54) is 0 Å². The number of nitrogens with two attached hydrogens (primary N) is 1. The molecule has 0 saturated heterocycles. The third kappa shape index (κ3) is 6.25. The summed E-state index contributed by atoms with van der Waals surface area (Å²) in [5, 5.41) is 19.2. The standard InChI is InChI=1S/C8H14N2O5S/c9-4(2-7(12)13)1-6(11)10-5(3-16)8(14)15/h4-5,16H,1-3,9H2,(H,10,11)(H,12,13)(H,14,15)/t4-,5-/m0/s1. The van der Waals surface area contributed by atoms with Crippen LogP contribution in [0.3, 0.4) is 0 Å². The molecule has 2 atom stereocenters. The second-order valence-electron chi connectivity index (χ2n) is 3.20. The molecule has 7 nitrogen and oxygen atoms in total. The van der Waals surface area contributed by atoms with Crippen LogP contribution in [0.1, 0.15) is 12.8 Å². The van der Waals surface area contributed by atoms with Crippen molar-refractivity contribution in [3.8, 4) is 0 Å². The smallest absolute Gasteiger partial charge is 0.327 e. The molecule has 0 aliphatic rings. The summed E-state index contributed by atoms with van der Waals surface area (Å²) in [6.07, 6.45) is -0.574. The van der Waals surface area contributed by atoms with Gasteiger partial charge in [0, 0.05) is 18.2 Å². The van der Waals surface area contributed by atoms with Crippen LogP contribution in [0.4, 0.5) is 0 Å². The maximum atomic E-state index is 11.2. The van der Waals surface area contributed by atoms with Crippen molar-refractivity contribution in [2.45, 2.75) is 24.9 Å². The third-order valence-electron chi connectivity index (χ3n) is 1.70. The van der Waals surface area contributed by atoms with Crippen molar-refractivity contribution in [2.75, 3.05) is 5.75 Å². The summed E-state index contributed by atoms with van der Waals surface area (Å²) in [5.41, 5.74) is 5.36. The molecule has 16 heavy (non-hydrogen) atoms. The molecule has 0 saturated carbocycles. The second-order valence-corrected chi connectivity index (χ2v) is 3.57. The Morgan fingerprint density at radius 2 is 1.81 bits per heavy atom. The molecule has 0 aliphatic heterocycles. The average molecular weight is 250 g/mol. The molecule has 0 spiro atoms. The van der Waals surface area contributed by atoms with E-state index in [2.05, 4.69) is 17.9 Å². The predicted molar refractivity (Wildman–Crippen MR) is 58.3 cm³/mol. The highest BCUT2D eigenvalue weighted by Gasteiger charge is 2.20. The first kappa shape index (κ1) is 14.7. The van der Waals surface area contributed by atoms with Gasteiger partial charge in [-0.25, -0.2) is 4.79 Å². The predicted octanol–water partition coefficient (Wildman–Crippen LogP) is -1.32. The van der Waals surface area contributed by atoms with Gasteiger partial charge < -0.3 is 21.3 Å². The zero-order valence-corrected chi connectivity index (χ0v) is 9.31. The second kappa shape index (κ2) is 7.07. The van der Waals surface area contributed by atoms with E-state index < -0.39 is 29.9 Å². The number of aliphatic carboxylic acids is 2. The van der Waals surface area contributed by atoms with Crippen LogP contribution in [-0.4, -0.2) is 45.9 Å². The molecule has 0 fully saturated rings. The summed E-state index contributed by atoms with van der Waals surface area (Å²) in [5.74, 6) is -2.95. The van der Waals surface area contributed by atoms with Crippen molar-refractivity contribution in [3.05, 3.63) is 0 Å². The zero-order valence-electron chi connectivity index (χ0n) is 8.42. The summed E-state index contributed by atoms with van der Waals surface area (Å²) in [7, 11) is 0. The van der Waals surface area contributed by atoms with Crippen molar-refractivity contribution in [3.63, 3.8) is 0 Å². The lowest BCUT2D eigenvalue weighted by atomic mass is 10.1. The van der Waals surface area contributed by atoms with E-state index in [1.54, 1.807) is 0 Å². The van der Waals surface area contributed by atoms with Gasteiger partial charge in [-0.2, -0.15) is 12.6 Å². The molecular formula is C8H14N2O5S. The van der Waals surface area contributed by atoms with E-state index in [0.717, 1.165) is 0 Å². The Balaban J connectivity index is 4.06. The fourth-order valence-electron chi connectivity index (χ4n) is 0.973. The van der Waals surface area contributed by atoms with Crippen LogP contribution < -0.4 is 11.1 Å². The minimum absolute atomic E-state index is 0.0464. The monoisotopic (exact) mass is 250 g/mol. The molecule has 1 amide bonds. The van der Waals surface area contributed by atoms with Gasteiger partial charge >= 0.3 is 11.9 Å². The van der Waals surface area contributed by atoms with Gasteiger partial charge in [-0.3, -0.25) is 9.59 Å². The lowest BCUT2D eigenvalue weighted by Gasteiger charge is -2.13. The number of carboxylic acids is 2. The van der Waals surface area contributed by atoms with Gasteiger partial charge in [0.15, 0.2) is 0 Å². The highest BCUT2D eigenvalue weighted by molar-refractivity contribution is 7.80. The molecule has 0 bridgehead atoms. The van der Waals surface area contributed by atoms with Crippen molar-refractivity contribution in [2.24, 2.45) is 5.73 Å². The number of nitrogens with one attached hydrogen (secondary N) is 1. The van der Waals surface area contributed by atoms with Gasteiger partial charge in [-0.1, -0.05) is 0 Å². The van der Waals surface area contributed by atoms with Crippen LogP contribution in [0.2, 0.25) is 0 Å². The Bertz CT molecular complexity index is 284. The number of carboxylic acid groups (broad SMARTS) is 2. The lowest BCUT2D eigenvalue weighted by Crippen LogP contribution is -2.44. The lowest BCUT2D eigenvalue weighted by molar-refractivity contribution is -0.141. The van der Waals surface area contributed by atoms with Crippen LogP contribution in [0, 0.1) is 0 Å². The molecule has 0 heterocycles. The third-order valence-corrected chi connectivity index (χ3v) is 2.07. The SMILES string of the molecule is N[C@H](CC(=O)O)CC(=O)N[C@@H](CS)C(=O)O. The van der Waals surface area contributed by atoms with Crippen LogP contribution >= 0.6 is 12.6 Å². The van der Waals surface area contributed by atoms with Crippen molar-refractivity contribution in [1.82, 2.24) is 5.32 Å². The Kier molecular flexibility index (Phi) is 6.50. The summed E-state index contributed by atoms with van der Waals surface area (Å²) >= 11 is 3.75. The summed E-state index contributed by atoms with van der Waals surface area (Å²) in [4.78, 5) is 32.0. The van der Waals surface area contributed by atoms with E-state index in [0.29, 0.717) is 0 Å². The van der Waals surface area contributed by atoms with E-state index in [1.807, 2.05) is 0 Å². The van der Waals surface area contributed by atoms with E-state index >= 15 is 0 Å². The van der Waals surface area contributed by atoms with E-state index in [4.69, 9.17) is 15.9 Å². The normalized spacial score (nSPS) is 13.9. The molecule has 0 aromatic heterocycles.